The Kier molecular flexibility index (Phi) is 6.78. The van der Waals surface area contributed by atoms with Gasteiger partial charge in [0.15, 0.2) is 0 Å². The third-order valence-corrected chi connectivity index (χ3v) is 8.31. The molecule has 7 aromatic rings. The number of rotatable bonds is 7. The van der Waals surface area contributed by atoms with E-state index in [4.69, 9.17) is 14.8 Å². The Morgan fingerprint density at radius 1 is 0.674 bits per heavy atom. The van der Waals surface area contributed by atoms with Gasteiger partial charge in [0.05, 0.1) is 22.4 Å². The molecule has 3 heterocycles. The summed E-state index contributed by atoms with van der Waals surface area (Å²) in [5.74, 6) is 2.45. The zero-order valence-corrected chi connectivity index (χ0v) is 25.0. The summed E-state index contributed by atoms with van der Waals surface area (Å²) in [6, 6.07) is 35.9. The second-order valence-corrected chi connectivity index (χ2v) is 11.0. The van der Waals surface area contributed by atoms with Gasteiger partial charge in [-0.2, -0.15) is 5.10 Å². The average Bonchev–Trinajstić information content (AvgIpc) is 3.53. The lowest BCUT2D eigenvalue weighted by Gasteiger charge is -2.11. The molecule has 0 unspecified atom stereocenters. The lowest BCUT2D eigenvalue weighted by atomic mass is 10.0. The van der Waals surface area contributed by atoms with Gasteiger partial charge in [0.25, 0.3) is 0 Å². The van der Waals surface area contributed by atoms with E-state index in [2.05, 4.69) is 111 Å². The molecule has 0 saturated carbocycles. The predicted octanol–water partition coefficient (Wildman–Crippen LogP) is 9.57. The van der Waals surface area contributed by atoms with Crippen LogP contribution in [0.25, 0.3) is 44.4 Å². The molecule has 0 aliphatic heterocycles. The maximum Gasteiger partial charge on any atom is 0.137 e. The molecule has 0 amide bonds. The number of nitrogens with zero attached hydrogens (tertiary/aromatic N) is 4. The van der Waals surface area contributed by atoms with Crippen LogP contribution in [0.4, 0.5) is 0 Å². The monoisotopic (exact) mass is 562 g/mol. The Balaban J connectivity index is 1.30. The molecule has 0 aliphatic carbocycles. The predicted molar refractivity (Wildman–Crippen MR) is 176 cm³/mol. The topological polar surface area (TPSA) is 44.9 Å². The normalized spacial score (nSPS) is 11.4. The molecule has 7 rings (SSSR count). The maximum atomic E-state index is 6.51. The highest BCUT2D eigenvalue weighted by molar-refractivity contribution is 6.09. The van der Waals surface area contributed by atoms with Gasteiger partial charge < -0.3 is 4.74 Å². The molecule has 0 bridgehead atoms. The molecule has 212 valence electrons. The van der Waals surface area contributed by atoms with Crippen molar-refractivity contribution in [3.63, 3.8) is 0 Å². The van der Waals surface area contributed by atoms with Crippen LogP contribution in [0, 0.1) is 13.8 Å². The van der Waals surface area contributed by atoms with Crippen molar-refractivity contribution in [2.75, 3.05) is 0 Å². The van der Waals surface area contributed by atoms with Gasteiger partial charge in [-0.3, -0.25) is 4.57 Å². The molecule has 0 radical (unpaired) electrons. The third-order valence-electron chi connectivity index (χ3n) is 8.31. The molecule has 0 saturated heterocycles. The van der Waals surface area contributed by atoms with Crippen molar-refractivity contribution >= 4 is 21.8 Å². The maximum absolute atomic E-state index is 6.51. The SMILES string of the molecule is CCc1ccnc(-n2c3ccc(CC)cc3c3ccc(Oc4cccc(-n5nc(C)c(-c6ccccc6)c5C)c4)cc32)c1. The Hall–Kier alpha value is -5.16. The summed E-state index contributed by atoms with van der Waals surface area (Å²) in [7, 11) is 0. The summed E-state index contributed by atoms with van der Waals surface area (Å²) in [6.45, 7) is 8.55. The van der Waals surface area contributed by atoms with Gasteiger partial charge in [0.1, 0.15) is 17.3 Å². The van der Waals surface area contributed by atoms with Crippen LogP contribution in [0.1, 0.15) is 36.4 Å². The first-order valence-corrected chi connectivity index (χ1v) is 15.0. The largest absolute Gasteiger partial charge is 0.457 e. The number of hydrogen-bond acceptors (Lipinski definition) is 3. The lowest BCUT2D eigenvalue weighted by molar-refractivity contribution is 0.483. The van der Waals surface area contributed by atoms with Crippen molar-refractivity contribution in [1.82, 2.24) is 19.3 Å². The number of hydrogen-bond donors (Lipinski definition) is 0. The van der Waals surface area contributed by atoms with Gasteiger partial charge >= 0.3 is 0 Å². The van der Waals surface area contributed by atoms with Crippen LogP contribution in [0.3, 0.4) is 0 Å². The average molecular weight is 563 g/mol. The highest BCUT2D eigenvalue weighted by Crippen LogP contribution is 2.36. The number of pyridine rings is 1. The Bertz CT molecular complexity index is 2100. The van der Waals surface area contributed by atoms with Crippen LogP contribution in [0.15, 0.2) is 109 Å². The zero-order chi connectivity index (χ0) is 29.5. The smallest absolute Gasteiger partial charge is 0.137 e. The quantitative estimate of drug-likeness (QED) is 0.194. The standard InChI is InChI=1S/C38H34N4O/c1-5-27-15-18-35-34(21-27)33-17-16-32(24-36(33)41(35)37-22-28(6-2)19-20-39-37)43-31-14-10-13-30(23-31)42-26(4)38(25(3)40-42)29-11-8-7-9-12-29/h7-24H,5-6H2,1-4H3. The van der Waals surface area contributed by atoms with Crippen molar-refractivity contribution in [1.29, 1.82) is 0 Å². The molecule has 0 atom stereocenters. The minimum absolute atomic E-state index is 0.757. The minimum atomic E-state index is 0.757. The lowest BCUT2D eigenvalue weighted by Crippen LogP contribution is -2.00. The van der Waals surface area contributed by atoms with E-state index < -0.39 is 0 Å². The second-order valence-electron chi connectivity index (χ2n) is 11.0. The number of ether oxygens (including phenoxy) is 1. The van der Waals surface area contributed by atoms with E-state index in [1.54, 1.807) is 0 Å². The first-order valence-electron chi connectivity index (χ1n) is 15.0. The molecular formula is C38H34N4O. The molecule has 5 heteroatoms. The molecule has 4 aromatic carbocycles. The van der Waals surface area contributed by atoms with E-state index in [0.29, 0.717) is 0 Å². The number of aryl methyl sites for hydroxylation is 3. The van der Waals surface area contributed by atoms with Crippen molar-refractivity contribution < 1.29 is 4.74 Å². The van der Waals surface area contributed by atoms with Crippen LogP contribution in [-0.2, 0) is 12.8 Å². The molecule has 3 aromatic heterocycles. The first kappa shape index (κ1) is 26.7. The van der Waals surface area contributed by atoms with E-state index in [9.17, 15) is 0 Å². The molecule has 0 fully saturated rings. The minimum Gasteiger partial charge on any atom is -0.457 e. The summed E-state index contributed by atoms with van der Waals surface area (Å²) in [6.07, 6.45) is 3.85. The summed E-state index contributed by atoms with van der Waals surface area (Å²) in [4.78, 5) is 4.78. The Morgan fingerprint density at radius 2 is 1.47 bits per heavy atom. The number of aromatic nitrogens is 4. The van der Waals surface area contributed by atoms with Crippen molar-refractivity contribution in [3.05, 3.63) is 132 Å². The molecule has 0 N–H and O–H groups in total. The summed E-state index contributed by atoms with van der Waals surface area (Å²) in [5, 5.41) is 7.31. The number of fused-ring (bicyclic) bond motifs is 3. The van der Waals surface area contributed by atoms with Crippen molar-refractivity contribution in [2.45, 2.75) is 40.5 Å². The van der Waals surface area contributed by atoms with E-state index in [1.807, 2.05) is 35.1 Å². The first-order chi connectivity index (χ1) is 21.0. The van der Waals surface area contributed by atoms with E-state index >= 15 is 0 Å². The fourth-order valence-corrected chi connectivity index (χ4v) is 6.11. The van der Waals surface area contributed by atoms with E-state index in [0.717, 1.165) is 63.8 Å². The van der Waals surface area contributed by atoms with Crippen LogP contribution >= 0.6 is 0 Å². The van der Waals surface area contributed by atoms with Gasteiger partial charge in [0.2, 0.25) is 0 Å². The molecule has 0 spiro atoms. The Morgan fingerprint density at radius 3 is 2.28 bits per heavy atom. The van der Waals surface area contributed by atoms with Gasteiger partial charge in [0, 0.05) is 40.4 Å². The molecular weight excluding hydrogens is 528 g/mol. The zero-order valence-electron chi connectivity index (χ0n) is 25.0. The van der Waals surface area contributed by atoms with Gasteiger partial charge in [-0.25, -0.2) is 9.67 Å². The molecule has 5 nitrogen and oxygen atoms in total. The highest BCUT2D eigenvalue weighted by Gasteiger charge is 2.17. The summed E-state index contributed by atoms with van der Waals surface area (Å²) >= 11 is 0. The third kappa shape index (κ3) is 4.77. The summed E-state index contributed by atoms with van der Waals surface area (Å²) in [5.41, 5.74) is 10.2. The number of benzene rings is 4. The van der Waals surface area contributed by atoms with Crippen LogP contribution in [-0.4, -0.2) is 19.3 Å². The fourth-order valence-electron chi connectivity index (χ4n) is 6.11. The van der Waals surface area contributed by atoms with Gasteiger partial charge in [-0.05, 0) is 91.9 Å². The van der Waals surface area contributed by atoms with Crippen LogP contribution in [0.2, 0.25) is 0 Å². The fraction of sp³-hybridized carbons (Fsp3) is 0.158. The second kappa shape index (κ2) is 10.9. The van der Waals surface area contributed by atoms with Crippen molar-refractivity contribution in [2.24, 2.45) is 0 Å². The van der Waals surface area contributed by atoms with Gasteiger partial charge in [-0.15, -0.1) is 0 Å². The Labute approximate surface area is 252 Å². The molecule has 43 heavy (non-hydrogen) atoms. The van der Waals surface area contributed by atoms with Crippen LogP contribution < -0.4 is 4.74 Å². The summed E-state index contributed by atoms with van der Waals surface area (Å²) < 4.78 is 10.8. The van der Waals surface area contributed by atoms with Crippen molar-refractivity contribution in [3.8, 4) is 34.1 Å². The molecule has 0 aliphatic rings. The van der Waals surface area contributed by atoms with E-state index in [-0.39, 0.29) is 0 Å². The van der Waals surface area contributed by atoms with Gasteiger partial charge in [-0.1, -0.05) is 56.3 Å². The van der Waals surface area contributed by atoms with E-state index in [1.165, 1.54) is 27.5 Å². The highest BCUT2D eigenvalue weighted by atomic mass is 16.5. The van der Waals surface area contributed by atoms with Crippen LogP contribution in [0.5, 0.6) is 11.5 Å².